The first-order valence-electron chi connectivity index (χ1n) is 11.7. The van der Waals surface area contributed by atoms with E-state index in [4.69, 9.17) is 9.15 Å². The lowest BCUT2D eigenvalue weighted by Gasteiger charge is -2.65. The van der Waals surface area contributed by atoms with E-state index in [0.29, 0.717) is 32.1 Å². The van der Waals surface area contributed by atoms with Crippen LogP contribution in [0.3, 0.4) is 0 Å². The van der Waals surface area contributed by atoms with Gasteiger partial charge in [0, 0.05) is 29.2 Å². The molecule has 5 aliphatic rings. The van der Waals surface area contributed by atoms with Crippen LogP contribution in [-0.2, 0) is 4.74 Å². The Hall–Kier alpha value is -1.25. The maximum absolute atomic E-state index is 11.6. The molecule has 170 valence electrons. The Labute approximate surface area is 181 Å². The van der Waals surface area contributed by atoms with Gasteiger partial charge in [0.05, 0.1) is 36.8 Å². The van der Waals surface area contributed by atoms with Crippen molar-refractivity contribution in [1.82, 2.24) is 0 Å². The summed E-state index contributed by atoms with van der Waals surface area (Å²) in [7, 11) is 0. The van der Waals surface area contributed by atoms with Crippen LogP contribution in [0.4, 0.5) is 0 Å². The minimum Gasteiger partial charge on any atom is -0.431 e. The van der Waals surface area contributed by atoms with Crippen molar-refractivity contribution in [2.24, 2.45) is 22.7 Å². The Morgan fingerprint density at radius 3 is 2.68 bits per heavy atom. The van der Waals surface area contributed by atoms with Crippen LogP contribution in [0.25, 0.3) is 0 Å². The van der Waals surface area contributed by atoms with Gasteiger partial charge in [-0.15, -0.1) is 0 Å². The van der Waals surface area contributed by atoms with E-state index in [9.17, 15) is 25.2 Å². The first-order chi connectivity index (χ1) is 14.7. The smallest absolute Gasteiger partial charge is 0.335 e. The van der Waals surface area contributed by atoms with Crippen molar-refractivity contribution in [3.63, 3.8) is 0 Å². The quantitative estimate of drug-likeness (QED) is 0.520. The number of ether oxygens (including phenoxy) is 1. The Morgan fingerprint density at radius 1 is 1.16 bits per heavy atom. The molecule has 1 spiro atoms. The minimum atomic E-state index is -1.17. The van der Waals surface area contributed by atoms with Crippen molar-refractivity contribution in [1.29, 1.82) is 0 Å². The largest absolute Gasteiger partial charge is 0.431 e. The summed E-state index contributed by atoms with van der Waals surface area (Å²) in [6.45, 7) is 1.99. The van der Waals surface area contributed by atoms with Crippen molar-refractivity contribution in [3.05, 3.63) is 34.4 Å². The fourth-order valence-electron chi connectivity index (χ4n) is 8.95. The Morgan fingerprint density at radius 2 is 1.97 bits per heavy atom. The lowest BCUT2D eigenvalue weighted by molar-refractivity contribution is -0.265. The van der Waals surface area contributed by atoms with Crippen LogP contribution in [0.5, 0.6) is 0 Å². The van der Waals surface area contributed by atoms with Gasteiger partial charge in [-0.05, 0) is 62.0 Å². The number of hydrogen-bond acceptors (Lipinski definition) is 7. The van der Waals surface area contributed by atoms with E-state index < -0.39 is 28.8 Å². The maximum Gasteiger partial charge on any atom is 0.335 e. The van der Waals surface area contributed by atoms with Crippen molar-refractivity contribution in [3.8, 4) is 0 Å². The van der Waals surface area contributed by atoms with E-state index >= 15 is 0 Å². The second kappa shape index (κ2) is 6.20. The van der Waals surface area contributed by atoms with E-state index in [1.165, 1.54) is 6.07 Å². The second-order valence-electron chi connectivity index (χ2n) is 11.2. The van der Waals surface area contributed by atoms with Crippen LogP contribution < -0.4 is 5.63 Å². The number of aliphatic hydroxyl groups is 4. The zero-order chi connectivity index (χ0) is 21.8. The van der Waals surface area contributed by atoms with Crippen LogP contribution in [0.2, 0.25) is 0 Å². The zero-order valence-corrected chi connectivity index (χ0v) is 17.9. The molecule has 7 nitrogen and oxygen atoms in total. The highest BCUT2D eigenvalue weighted by molar-refractivity contribution is 5.36. The van der Waals surface area contributed by atoms with Gasteiger partial charge in [0.2, 0.25) is 0 Å². The number of rotatable bonds is 2. The SMILES string of the molecule is C[C@]12C[C@@H](O)C3[C@@H](CC[C@@]4(O)C[C@H](O)CC[C@]34CO)[C@]13O[C@@H]3C[C@H]2c1ccc(=O)oc1. The molecule has 4 aliphatic carbocycles. The summed E-state index contributed by atoms with van der Waals surface area (Å²) in [5.74, 6) is -0.116. The predicted octanol–water partition coefficient (Wildman–Crippen LogP) is 1.32. The van der Waals surface area contributed by atoms with Gasteiger partial charge in [-0.3, -0.25) is 0 Å². The molecule has 0 amide bonds. The van der Waals surface area contributed by atoms with Crippen molar-refractivity contribution in [2.75, 3.05) is 6.61 Å². The lowest BCUT2D eigenvalue weighted by Crippen LogP contribution is -2.70. The third-order valence-electron chi connectivity index (χ3n) is 10.2. The van der Waals surface area contributed by atoms with Crippen LogP contribution in [-0.4, -0.2) is 56.5 Å². The monoisotopic (exact) mass is 432 g/mol. The molecule has 0 bridgehead atoms. The fraction of sp³-hybridized carbons (Fsp3) is 0.792. The summed E-state index contributed by atoms with van der Waals surface area (Å²) >= 11 is 0. The molecule has 7 heteroatoms. The highest BCUT2D eigenvalue weighted by Crippen LogP contribution is 2.78. The molecular formula is C24H32O7. The van der Waals surface area contributed by atoms with E-state index in [1.807, 2.05) is 6.07 Å². The van der Waals surface area contributed by atoms with Gasteiger partial charge in [-0.25, -0.2) is 4.79 Å². The van der Waals surface area contributed by atoms with E-state index in [0.717, 1.165) is 12.0 Å². The average Bonchev–Trinajstić information content (AvgIpc) is 3.39. The third kappa shape index (κ3) is 2.29. The molecule has 31 heavy (non-hydrogen) atoms. The van der Waals surface area contributed by atoms with Crippen LogP contribution in [0, 0.1) is 22.7 Å². The summed E-state index contributed by atoms with van der Waals surface area (Å²) in [4.78, 5) is 11.5. The Kier molecular flexibility index (Phi) is 4.07. The van der Waals surface area contributed by atoms with E-state index in [-0.39, 0.29) is 47.9 Å². The normalized spacial score (nSPS) is 55.0. The average molecular weight is 433 g/mol. The Bertz CT molecular complexity index is 941. The van der Waals surface area contributed by atoms with Crippen LogP contribution in [0.1, 0.15) is 63.4 Å². The molecule has 6 rings (SSSR count). The summed E-state index contributed by atoms with van der Waals surface area (Å²) in [6.07, 6.45) is 4.18. The zero-order valence-electron chi connectivity index (χ0n) is 17.9. The van der Waals surface area contributed by atoms with Gasteiger partial charge in [-0.1, -0.05) is 6.92 Å². The van der Waals surface area contributed by atoms with Crippen molar-refractivity contribution >= 4 is 0 Å². The number of epoxide rings is 1. The highest BCUT2D eigenvalue weighted by Gasteiger charge is 2.83. The molecule has 10 atom stereocenters. The standard InChI is InChI=1S/C24H32O7/c1-21-10-17(27)20-15(5-7-23(29)9-14(26)4-6-22(20,23)12-25)24(21)18(31-24)8-16(21)13-2-3-19(28)30-11-13/h2-3,11,14-18,20,25-27,29H,4-10,12H2,1H3/t14-,15-,16+,17-,18-,20?,21-,22+,23-,24-/m1/s1. The second-order valence-corrected chi connectivity index (χ2v) is 11.2. The van der Waals surface area contributed by atoms with Crippen LogP contribution in [0.15, 0.2) is 27.6 Å². The molecule has 1 saturated heterocycles. The predicted molar refractivity (Wildman–Crippen MR) is 109 cm³/mol. The van der Waals surface area contributed by atoms with Gasteiger partial charge in [0.25, 0.3) is 0 Å². The molecule has 4 saturated carbocycles. The van der Waals surface area contributed by atoms with Gasteiger partial charge < -0.3 is 29.6 Å². The third-order valence-corrected chi connectivity index (χ3v) is 10.2. The Balaban J connectivity index is 1.42. The molecule has 5 fully saturated rings. The topological polar surface area (TPSA) is 124 Å². The molecule has 0 radical (unpaired) electrons. The van der Waals surface area contributed by atoms with E-state index in [2.05, 4.69) is 6.92 Å². The summed E-state index contributed by atoms with van der Waals surface area (Å²) in [5.41, 5.74) is -2.11. The molecule has 4 N–H and O–H groups in total. The van der Waals surface area contributed by atoms with E-state index in [1.54, 1.807) is 6.26 Å². The van der Waals surface area contributed by atoms with Crippen molar-refractivity contribution < 1.29 is 29.6 Å². The van der Waals surface area contributed by atoms with Gasteiger partial charge in [0.15, 0.2) is 0 Å². The first-order valence-corrected chi connectivity index (χ1v) is 11.7. The molecule has 1 aliphatic heterocycles. The molecular weight excluding hydrogens is 400 g/mol. The molecule has 1 aromatic rings. The summed E-state index contributed by atoms with van der Waals surface area (Å²) in [5, 5.41) is 44.0. The lowest BCUT2D eigenvalue weighted by atomic mass is 9.41. The maximum atomic E-state index is 11.6. The van der Waals surface area contributed by atoms with Gasteiger partial charge in [0.1, 0.15) is 5.60 Å². The summed E-state index contributed by atoms with van der Waals surface area (Å²) in [6, 6.07) is 3.28. The van der Waals surface area contributed by atoms with Gasteiger partial charge in [-0.2, -0.15) is 0 Å². The molecule has 1 unspecified atom stereocenters. The molecule has 0 aromatic carbocycles. The number of hydrogen-bond donors (Lipinski definition) is 4. The minimum absolute atomic E-state index is 0.0367. The first kappa shape index (κ1) is 20.4. The molecule has 1 aromatic heterocycles. The number of aliphatic hydroxyl groups excluding tert-OH is 3. The highest BCUT2D eigenvalue weighted by atomic mass is 16.6. The van der Waals surface area contributed by atoms with Crippen molar-refractivity contribution in [2.45, 2.75) is 87.3 Å². The number of fused-ring (bicyclic) bond motifs is 3. The molecule has 2 heterocycles. The fourth-order valence-corrected chi connectivity index (χ4v) is 8.95. The summed E-state index contributed by atoms with van der Waals surface area (Å²) < 4.78 is 11.6. The van der Waals surface area contributed by atoms with Crippen LogP contribution >= 0.6 is 0 Å². The van der Waals surface area contributed by atoms with Gasteiger partial charge >= 0.3 is 5.63 Å².